The van der Waals surface area contributed by atoms with Gasteiger partial charge in [0.15, 0.2) is 5.11 Å². The highest BCUT2D eigenvalue weighted by molar-refractivity contribution is 9.10. The standard InChI is InChI=1S/C23H28BrN3O5S2/c1-16(2)9-12-32-21-8-3-17(15-20(21)24)22(28)26-23(33)25-18-4-6-19(7-5-18)34(29,30)27-10-13-31-14-11-27/h3-8,15-16H,9-14H2,1-2H3,(H2,25,26,28,33). The van der Waals surface area contributed by atoms with Crippen LogP contribution in [0.2, 0.25) is 0 Å². The molecule has 1 saturated heterocycles. The molecule has 0 bridgehead atoms. The summed E-state index contributed by atoms with van der Waals surface area (Å²) >= 11 is 8.68. The molecule has 1 aliphatic heterocycles. The highest BCUT2D eigenvalue weighted by Gasteiger charge is 2.26. The summed E-state index contributed by atoms with van der Waals surface area (Å²) in [6, 6.07) is 11.3. The minimum Gasteiger partial charge on any atom is -0.492 e. The molecular weight excluding hydrogens is 542 g/mol. The third-order valence-electron chi connectivity index (χ3n) is 5.09. The summed E-state index contributed by atoms with van der Waals surface area (Å²) in [5.41, 5.74) is 0.973. The number of benzene rings is 2. The lowest BCUT2D eigenvalue weighted by molar-refractivity contribution is 0.0730. The first kappa shape index (κ1) is 26.6. The molecule has 1 fully saturated rings. The molecule has 184 valence electrons. The topological polar surface area (TPSA) is 97.0 Å². The first-order valence-corrected chi connectivity index (χ1v) is 13.5. The fourth-order valence-electron chi connectivity index (χ4n) is 3.15. The van der Waals surface area contributed by atoms with Gasteiger partial charge in [-0.2, -0.15) is 4.31 Å². The summed E-state index contributed by atoms with van der Waals surface area (Å²) in [5, 5.41) is 5.62. The quantitative estimate of drug-likeness (QED) is 0.463. The molecule has 0 spiro atoms. The van der Waals surface area contributed by atoms with Gasteiger partial charge in [-0.25, -0.2) is 8.42 Å². The third kappa shape index (κ3) is 7.22. The normalized spacial score (nSPS) is 14.6. The molecular formula is C23H28BrN3O5S2. The van der Waals surface area contributed by atoms with Crippen molar-refractivity contribution in [2.45, 2.75) is 25.2 Å². The number of ether oxygens (including phenoxy) is 2. The molecule has 34 heavy (non-hydrogen) atoms. The van der Waals surface area contributed by atoms with Gasteiger partial charge in [-0.05, 0) is 83.0 Å². The van der Waals surface area contributed by atoms with Crippen LogP contribution < -0.4 is 15.4 Å². The van der Waals surface area contributed by atoms with Crippen LogP contribution in [0.1, 0.15) is 30.6 Å². The number of hydrogen-bond acceptors (Lipinski definition) is 6. The van der Waals surface area contributed by atoms with Gasteiger partial charge in [0, 0.05) is 24.3 Å². The maximum absolute atomic E-state index is 12.7. The van der Waals surface area contributed by atoms with Crippen molar-refractivity contribution >= 4 is 54.9 Å². The average Bonchev–Trinajstić information content (AvgIpc) is 2.80. The van der Waals surface area contributed by atoms with Crippen LogP contribution >= 0.6 is 28.1 Å². The fourth-order valence-corrected chi connectivity index (χ4v) is 5.26. The SMILES string of the molecule is CC(C)CCOc1ccc(C(=O)NC(=S)Nc2ccc(S(=O)(=O)N3CCOCC3)cc2)cc1Br. The number of nitrogens with zero attached hydrogens (tertiary/aromatic N) is 1. The summed E-state index contributed by atoms with van der Waals surface area (Å²) in [4.78, 5) is 12.8. The molecule has 2 aromatic carbocycles. The summed E-state index contributed by atoms with van der Waals surface area (Å²) in [5.74, 6) is 0.839. The second-order valence-corrected chi connectivity index (χ2v) is 11.3. The van der Waals surface area contributed by atoms with E-state index in [2.05, 4.69) is 40.4 Å². The molecule has 0 radical (unpaired) electrons. The summed E-state index contributed by atoms with van der Waals surface area (Å²) in [6.45, 7) is 6.30. The number of morpholine rings is 1. The summed E-state index contributed by atoms with van der Waals surface area (Å²) in [7, 11) is -3.57. The number of rotatable bonds is 8. The highest BCUT2D eigenvalue weighted by Crippen LogP contribution is 2.26. The van der Waals surface area contributed by atoms with E-state index in [4.69, 9.17) is 21.7 Å². The molecule has 2 N–H and O–H groups in total. The number of carbonyl (C=O) groups excluding carboxylic acids is 1. The van der Waals surface area contributed by atoms with Gasteiger partial charge in [0.1, 0.15) is 5.75 Å². The molecule has 1 amide bonds. The Morgan fingerprint density at radius 3 is 2.47 bits per heavy atom. The fraction of sp³-hybridized carbons (Fsp3) is 0.391. The molecule has 0 saturated carbocycles. The van der Waals surface area contributed by atoms with E-state index in [1.54, 1.807) is 30.3 Å². The van der Waals surface area contributed by atoms with Gasteiger partial charge >= 0.3 is 0 Å². The second kappa shape index (κ2) is 12.1. The highest BCUT2D eigenvalue weighted by atomic mass is 79.9. The molecule has 8 nitrogen and oxygen atoms in total. The Balaban J connectivity index is 1.56. The van der Waals surface area contributed by atoms with Crippen LogP contribution in [0.25, 0.3) is 0 Å². The van der Waals surface area contributed by atoms with Crippen LogP contribution in [0.15, 0.2) is 51.8 Å². The Morgan fingerprint density at radius 1 is 1.18 bits per heavy atom. The van der Waals surface area contributed by atoms with E-state index >= 15 is 0 Å². The van der Waals surface area contributed by atoms with Crippen molar-refractivity contribution < 1.29 is 22.7 Å². The zero-order chi connectivity index (χ0) is 24.7. The molecule has 0 atom stereocenters. The lowest BCUT2D eigenvalue weighted by atomic mass is 10.1. The Bertz CT molecular complexity index is 1120. The van der Waals surface area contributed by atoms with Crippen LogP contribution in [0.4, 0.5) is 5.69 Å². The van der Waals surface area contributed by atoms with Crippen molar-refractivity contribution in [3.63, 3.8) is 0 Å². The van der Waals surface area contributed by atoms with Crippen molar-refractivity contribution in [2.75, 3.05) is 38.2 Å². The van der Waals surface area contributed by atoms with E-state index in [9.17, 15) is 13.2 Å². The van der Waals surface area contributed by atoms with Crippen molar-refractivity contribution in [3.8, 4) is 5.75 Å². The van der Waals surface area contributed by atoms with E-state index in [1.165, 1.54) is 16.4 Å². The Hall–Kier alpha value is -2.05. The van der Waals surface area contributed by atoms with E-state index in [0.29, 0.717) is 60.3 Å². The molecule has 1 aliphatic rings. The first-order chi connectivity index (χ1) is 16.2. The number of amides is 1. The molecule has 0 aromatic heterocycles. The largest absolute Gasteiger partial charge is 0.492 e. The molecule has 0 unspecified atom stereocenters. The van der Waals surface area contributed by atoms with Gasteiger partial charge in [0.25, 0.3) is 5.91 Å². The van der Waals surface area contributed by atoms with Crippen LogP contribution in [-0.2, 0) is 14.8 Å². The number of halogens is 1. The predicted molar refractivity (Wildman–Crippen MR) is 139 cm³/mol. The molecule has 3 rings (SSSR count). The van der Waals surface area contributed by atoms with Gasteiger partial charge in [-0.15, -0.1) is 0 Å². The van der Waals surface area contributed by atoms with E-state index in [1.807, 2.05) is 0 Å². The van der Waals surface area contributed by atoms with E-state index in [-0.39, 0.29) is 15.9 Å². The van der Waals surface area contributed by atoms with E-state index in [0.717, 1.165) is 6.42 Å². The summed E-state index contributed by atoms with van der Waals surface area (Å²) < 4.78 is 38.5. The molecule has 2 aromatic rings. The van der Waals surface area contributed by atoms with Crippen molar-refractivity contribution in [2.24, 2.45) is 5.92 Å². The lowest BCUT2D eigenvalue weighted by Crippen LogP contribution is -2.40. The van der Waals surface area contributed by atoms with Crippen LogP contribution in [0, 0.1) is 5.92 Å². The molecule has 0 aliphatic carbocycles. The average molecular weight is 571 g/mol. The maximum Gasteiger partial charge on any atom is 0.257 e. The monoisotopic (exact) mass is 569 g/mol. The summed E-state index contributed by atoms with van der Waals surface area (Å²) in [6.07, 6.45) is 0.939. The number of nitrogens with one attached hydrogen (secondary N) is 2. The smallest absolute Gasteiger partial charge is 0.257 e. The lowest BCUT2D eigenvalue weighted by Gasteiger charge is -2.26. The zero-order valence-corrected chi connectivity index (χ0v) is 22.3. The zero-order valence-electron chi connectivity index (χ0n) is 19.0. The van der Waals surface area contributed by atoms with E-state index < -0.39 is 10.0 Å². The number of sulfonamides is 1. The van der Waals surface area contributed by atoms with Gasteiger partial charge in [-0.1, -0.05) is 13.8 Å². The Kier molecular flexibility index (Phi) is 9.43. The Morgan fingerprint density at radius 2 is 1.85 bits per heavy atom. The van der Waals surface area contributed by atoms with Crippen molar-refractivity contribution in [3.05, 3.63) is 52.5 Å². The minimum absolute atomic E-state index is 0.0992. The minimum atomic E-state index is -3.57. The van der Waals surface area contributed by atoms with Crippen molar-refractivity contribution in [1.29, 1.82) is 0 Å². The molecule has 1 heterocycles. The number of thiocarbonyl (C=S) groups is 1. The predicted octanol–water partition coefficient (Wildman–Crippen LogP) is 4.02. The second-order valence-electron chi connectivity index (χ2n) is 8.13. The Labute approximate surface area is 214 Å². The van der Waals surface area contributed by atoms with Crippen LogP contribution in [0.5, 0.6) is 5.75 Å². The van der Waals surface area contributed by atoms with Gasteiger partial charge < -0.3 is 14.8 Å². The van der Waals surface area contributed by atoms with Gasteiger partial charge in [0.2, 0.25) is 10.0 Å². The van der Waals surface area contributed by atoms with Gasteiger partial charge in [-0.3, -0.25) is 10.1 Å². The van der Waals surface area contributed by atoms with Crippen LogP contribution in [0.3, 0.4) is 0 Å². The number of hydrogen-bond donors (Lipinski definition) is 2. The number of carbonyl (C=O) groups is 1. The first-order valence-electron chi connectivity index (χ1n) is 10.9. The van der Waals surface area contributed by atoms with Crippen molar-refractivity contribution in [1.82, 2.24) is 9.62 Å². The van der Waals surface area contributed by atoms with Gasteiger partial charge in [0.05, 0.1) is 29.2 Å². The maximum atomic E-state index is 12.7. The third-order valence-corrected chi connectivity index (χ3v) is 7.83. The van der Waals surface area contributed by atoms with Crippen LogP contribution in [-0.4, -0.2) is 56.7 Å². The molecule has 11 heteroatoms. The number of anilines is 1.